The van der Waals surface area contributed by atoms with Gasteiger partial charge < -0.3 is 5.32 Å². The number of H-pyrrole nitrogens is 1. The van der Waals surface area contributed by atoms with E-state index in [1.807, 2.05) is 0 Å². The molecule has 1 saturated carbocycles. The Bertz CT molecular complexity index is 991. The van der Waals surface area contributed by atoms with Crippen LogP contribution in [0.15, 0.2) is 18.7 Å². The lowest BCUT2D eigenvalue weighted by Crippen LogP contribution is -2.26. The van der Waals surface area contributed by atoms with E-state index < -0.39 is 23.6 Å². The van der Waals surface area contributed by atoms with Gasteiger partial charge in [0.05, 0.1) is 28.8 Å². The van der Waals surface area contributed by atoms with Crippen molar-refractivity contribution >= 4 is 11.6 Å². The van der Waals surface area contributed by atoms with Gasteiger partial charge in [-0.25, -0.2) is 15.0 Å². The number of aryl methyl sites for hydroxylation is 1. The standard InChI is InChI=1S/C15H13F5N8/c1-7-10(5-28(27-7)15(19,20)12-22-6-23-26-12)24-13-21-4-9(14(16,17)18)11(25-13)8-2-3-8/h4-6,8H,2-3H2,1H3,(H,21,24,25)(H,22,23,26). The van der Waals surface area contributed by atoms with E-state index in [1.54, 1.807) is 0 Å². The monoisotopic (exact) mass is 400 g/mol. The van der Waals surface area contributed by atoms with Gasteiger partial charge in [-0.1, -0.05) is 0 Å². The maximum atomic E-state index is 14.4. The van der Waals surface area contributed by atoms with Gasteiger partial charge >= 0.3 is 12.2 Å². The summed E-state index contributed by atoms with van der Waals surface area (Å²) in [7, 11) is 0. The molecule has 13 heteroatoms. The maximum absolute atomic E-state index is 14.4. The minimum absolute atomic E-state index is 0.0962. The summed E-state index contributed by atoms with van der Waals surface area (Å²) in [6.45, 7) is 1.46. The summed E-state index contributed by atoms with van der Waals surface area (Å²) >= 11 is 0. The number of hydrogen-bond donors (Lipinski definition) is 2. The highest BCUT2D eigenvalue weighted by molar-refractivity contribution is 5.55. The molecule has 3 heterocycles. The van der Waals surface area contributed by atoms with Crippen LogP contribution in [0.4, 0.5) is 33.6 Å². The summed E-state index contributed by atoms with van der Waals surface area (Å²) < 4.78 is 68.5. The zero-order valence-corrected chi connectivity index (χ0v) is 14.3. The topological polar surface area (TPSA) is 97.2 Å². The molecule has 0 spiro atoms. The number of aromatic amines is 1. The van der Waals surface area contributed by atoms with Gasteiger partial charge in [0, 0.05) is 12.1 Å². The van der Waals surface area contributed by atoms with E-state index in [1.165, 1.54) is 6.92 Å². The molecule has 0 bridgehead atoms. The van der Waals surface area contributed by atoms with E-state index in [0.29, 0.717) is 23.7 Å². The Balaban J connectivity index is 1.64. The zero-order valence-electron chi connectivity index (χ0n) is 14.3. The number of nitrogens with zero attached hydrogens (tertiary/aromatic N) is 6. The predicted molar refractivity (Wildman–Crippen MR) is 84.9 cm³/mol. The van der Waals surface area contributed by atoms with E-state index in [0.717, 1.165) is 12.5 Å². The summed E-state index contributed by atoms with van der Waals surface area (Å²) in [6.07, 6.45) is -0.642. The lowest BCUT2D eigenvalue weighted by Gasteiger charge is -2.13. The van der Waals surface area contributed by atoms with Gasteiger partial charge in [0.1, 0.15) is 6.33 Å². The maximum Gasteiger partial charge on any atom is 0.419 e. The molecule has 148 valence electrons. The first-order valence-electron chi connectivity index (χ1n) is 8.18. The molecular weight excluding hydrogens is 387 g/mol. The van der Waals surface area contributed by atoms with Crippen LogP contribution >= 0.6 is 0 Å². The summed E-state index contributed by atoms with van der Waals surface area (Å²) in [4.78, 5) is 11.1. The molecule has 1 aliphatic carbocycles. The number of rotatable bonds is 5. The first-order chi connectivity index (χ1) is 13.2. The third-order valence-electron chi connectivity index (χ3n) is 4.20. The van der Waals surface area contributed by atoms with E-state index in [4.69, 9.17) is 0 Å². The third-order valence-corrected chi connectivity index (χ3v) is 4.20. The van der Waals surface area contributed by atoms with Crippen molar-refractivity contribution in [3.63, 3.8) is 0 Å². The molecule has 0 unspecified atom stereocenters. The van der Waals surface area contributed by atoms with Crippen molar-refractivity contribution in [3.05, 3.63) is 41.5 Å². The normalized spacial score (nSPS) is 15.1. The summed E-state index contributed by atoms with van der Waals surface area (Å²) in [5, 5.41) is 11.9. The van der Waals surface area contributed by atoms with Crippen molar-refractivity contribution in [2.24, 2.45) is 0 Å². The van der Waals surface area contributed by atoms with Crippen LogP contribution in [-0.2, 0) is 12.2 Å². The van der Waals surface area contributed by atoms with Crippen LogP contribution in [0.2, 0.25) is 0 Å². The van der Waals surface area contributed by atoms with Crippen LogP contribution in [-0.4, -0.2) is 34.9 Å². The molecule has 2 N–H and O–H groups in total. The number of nitrogens with one attached hydrogen (secondary N) is 2. The molecule has 4 rings (SSSR count). The molecule has 1 fully saturated rings. The Morgan fingerprint density at radius 3 is 2.54 bits per heavy atom. The second-order valence-corrected chi connectivity index (χ2v) is 6.33. The van der Waals surface area contributed by atoms with Crippen molar-refractivity contribution < 1.29 is 22.0 Å². The largest absolute Gasteiger partial charge is 0.419 e. The van der Waals surface area contributed by atoms with E-state index in [-0.39, 0.29) is 28.9 Å². The van der Waals surface area contributed by atoms with Crippen LogP contribution in [0.5, 0.6) is 0 Å². The molecule has 0 aromatic carbocycles. The predicted octanol–water partition coefficient (Wildman–Crippen LogP) is 3.34. The van der Waals surface area contributed by atoms with Crippen molar-refractivity contribution in [1.29, 1.82) is 0 Å². The van der Waals surface area contributed by atoms with Crippen LogP contribution in [0.3, 0.4) is 0 Å². The summed E-state index contributed by atoms with van der Waals surface area (Å²) in [5.41, 5.74) is -0.686. The van der Waals surface area contributed by atoms with E-state index >= 15 is 0 Å². The lowest BCUT2D eigenvalue weighted by atomic mass is 10.1. The molecule has 0 aliphatic heterocycles. The van der Waals surface area contributed by atoms with Gasteiger partial charge in [-0.15, -0.1) is 0 Å². The first kappa shape index (κ1) is 18.3. The fraction of sp³-hybridized carbons (Fsp3) is 0.400. The molecule has 0 saturated heterocycles. The van der Waals surface area contributed by atoms with Gasteiger partial charge in [-0.3, -0.25) is 5.10 Å². The highest BCUT2D eigenvalue weighted by atomic mass is 19.4. The van der Waals surface area contributed by atoms with Gasteiger partial charge in [-0.2, -0.15) is 36.8 Å². The van der Waals surface area contributed by atoms with Crippen LogP contribution < -0.4 is 5.32 Å². The van der Waals surface area contributed by atoms with Crippen molar-refractivity contribution in [2.45, 2.75) is 37.9 Å². The molecule has 8 nitrogen and oxygen atoms in total. The van der Waals surface area contributed by atoms with Gasteiger partial charge in [0.2, 0.25) is 11.8 Å². The van der Waals surface area contributed by atoms with Crippen molar-refractivity contribution in [3.8, 4) is 0 Å². The minimum atomic E-state index is -4.56. The lowest BCUT2D eigenvalue weighted by molar-refractivity contribution is -0.138. The highest BCUT2D eigenvalue weighted by Gasteiger charge is 2.41. The Hall–Kier alpha value is -3.12. The molecule has 1 aliphatic rings. The van der Waals surface area contributed by atoms with Crippen LogP contribution in [0.1, 0.15) is 41.5 Å². The average molecular weight is 400 g/mol. The average Bonchev–Trinajstić information content (AvgIpc) is 3.17. The highest BCUT2D eigenvalue weighted by Crippen LogP contribution is 2.45. The fourth-order valence-electron chi connectivity index (χ4n) is 2.64. The first-order valence-corrected chi connectivity index (χ1v) is 8.18. The number of halogens is 5. The molecular formula is C15H13F5N8. The van der Waals surface area contributed by atoms with Gasteiger partial charge in [0.25, 0.3) is 0 Å². The van der Waals surface area contributed by atoms with Crippen molar-refractivity contribution in [2.75, 3.05) is 5.32 Å². The summed E-state index contributed by atoms with van der Waals surface area (Å²) in [5.74, 6) is -1.18. The quantitative estimate of drug-likeness (QED) is 0.638. The number of anilines is 2. The smallest absolute Gasteiger partial charge is 0.321 e. The summed E-state index contributed by atoms with van der Waals surface area (Å²) in [6, 6.07) is -3.62. The second kappa shape index (κ2) is 6.21. The van der Waals surface area contributed by atoms with Crippen LogP contribution in [0.25, 0.3) is 0 Å². The minimum Gasteiger partial charge on any atom is -0.321 e. The van der Waals surface area contributed by atoms with Gasteiger partial charge in [-0.05, 0) is 19.8 Å². The molecule has 28 heavy (non-hydrogen) atoms. The Morgan fingerprint density at radius 2 is 1.93 bits per heavy atom. The SMILES string of the molecule is Cc1nn(C(F)(F)c2nc[nH]n2)cc1Nc1ncc(C(F)(F)F)c(C2CC2)n1. The zero-order chi connectivity index (χ0) is 20.1. The van der Waals surface area contributed by atoms with E-state index in [2.05, 4.69) is 35.6 Å². The number of alkyl halides is 5. The number of aromatic nitrogens is 7. The second-order valence-electron chi connectivity index (χ2n) is 6.33. The molecule has 0 atom stereocenters. The molecule has 0 radical (unpaired) electrons. The third kappa shape index (κ3) is 3.27. The molecule has 0 amide bonds. The number of hydrogen-bond acceptors (Lipinski definition) is 6. The van der Waals surface area contributed by atoms with Crippen molar-refractivity contribution in [1.82, 2.24) is 34.9 Å². The molecule has 3 aromatic heterocycles. The van der Waals surface area contributed by atoms with Gasteiger partial charge in [0.15, 0.2) is 0 Å². The fourth-order valence-corrected chi connectivity index (χ4v) is 2.64. The molecule has 3 aromatic rings. The van der Waals surface area contributed by atoms with Crippen LogP contribution in [0, 0.1) is 6.92 Å². The Morgan fingerprint density at radius 1 is 1.18 bits per heavy atom. The Kier molecular flexibility index (Phi) is 4.05. The Labute approximate surface area is 154 Å². The van der Waals surface area contributed by atoms with E-state index in [9.17, 15) is 22.0 Å².